The highest BCUT2D eigenvalue weighted by molar-refractivity contribution is 6.32. The second-order valence-corrected chi connectivity index (χ2v) is 6.78. The first-order valence-electron chi connectivity index (χ1n) is 7.56. The Morgan fingerprint density at radius 1 is 1.21 bits per heavy atom. The predicted molar refractivity (Wildman–Crippen MR) is 80.8 cm³/mol. The van der Waals surface area contributed by atoms with Crippen molar-refractivity contribution in [1.82, 2.24) is 4.98 Å². The normalized spacial score (nSPS) is 22.8. The molecule has 3 heteroatoms. The summed E-state index contributed by atoms with van der Waals surface area (Å²) in [6.45, 7) is 2.09. The van der Waals surface area contributed by atoms with Crippen LogP contribution in [-0.4, -0.2) is 11.0 Å². The summed E-state index contributed by atoms with van der Waals surface area (Å²) < 4.78 is 0. The zero-order valence-corrected chi connectivity index (χ0v) is 12.5. The number of hydrogen-bond donors (Lipinski definition) is 1. The van der Waals surface area contributed by atoms with Gasteiger partial charge in [0.15, 0.2) is 5.15 Å². The van der Waals surface area contributed by atoms with E-state index in [0.29, 0.717) is 16.6 Å². The predicted octanol–water partition coefficient (Wildman–Crippen LogP) is 4.96. The van der Waals surface area contributed by atoms with Gasteiger partial charge in [-0.3, -0.25) is 0 Å². The van der Waals surface area contributed by atoms with E-state index in [2.05, 4.69) is 17.2 Å². The number of hydrogen-bond acceptors (Lipinski definition) is 2. The highest BCUT2D eigenvalue weighted by Gasteiger charge is 2.37. The van der Waals surface area contributed by atoms with Crippen LogP contribution in [-0.2, 0) is 0 Å². The van der Waals surface area contributed by atoms with Crippen LogP contribution in [0.25, 0.3) is 0 Å². The molecule has 0 radical (unpaired) electrons. The van der Waals surface area contributed by atoms with Crippen molar-refractivity contribution in [2.24, 2.45) is 5.41 Å². The molecule has 2 nitrogen and oxygen atoms in total. The Hall–Kier alpha value is -0.760. The van der Waals surface area contributed by atoms with Crippen molar-refractivity contribution >= 4 is 17.3 Å². The number of pyridine rings is 1. The summed E-state index contributed by atoms with van der Waals surface area (Å²) in [5.41, 5.74) is 2.93. The van der Waals surface area contributed by atoms with Gasteiger partial charge in [-0.05, 0) is 62.5 Å². The Morgan fingerprint density at radius 2 is 1.89 bits per heavy atom. The van der Waals surface area contributed by atoms with E-state index in [9.17, 15) is 0 Å². The van der Waals surface area contributed by atoms with E-state index in [1.54, 1.807) is 6.20 Å². The number of nitrogens with one attached hydrogen (secondary N) is 1. The van der Waals surface area contributed by atoms with E-state index in [4.69, 9.17) is 11.6 Å². The van der Waals surface area contributed by atoms with Crippen LogP contribution in [0.1, 0.15) is 56.9 Å². The summed E-state index contributed by atoms with van der Waals surface area (Å²) in [7, 11) is 0. The molecule has 1 spiro atoms. The Kier molecular flexibility index (Phi) is 3.70. The highest BCUT2D eigenvalue weighted by Crippen LogP contribution is 2.49. The molecule has 1 aromatic heterocycles. The molecule has 3 rings (SSSR count). The van der Waals surface area contributed by atoms with Gasteiger partial charge in [0, 0.05) is 12.2 Å². The Balaban J connectivity index is 1.63. The van der Waals surface area contributed by atoms with Gasteiger partial charge in [0.1, 0.15) is 0 Å². The number of aromatic nitrogens is 1. The Labute approximate surface area is 121 Å². The van der Waals surface area contributed by atoms with Crippen molar-refractivity contribution in [3.8, 4) is 0 Å². The molecular formula is C16H23ClN2. The largest absolute Gasteiger partial charge is 0.380 e. The lowest BCUT2D eigenvalue weighted by atomic mass is 9.71. The molecule has 0 unspecified atom stereocenters. The second-order valence-electron chi connectivity index (χ2n) is 6.42. The van der Waals surface area contributed by atoms with Crippen LogP contribution in [0.5, 0.6) is 0 Å². The van der Waals surface area contributed by atoms with Crippen LogP contribution in [0.3, 0.4) is 0 Å². The van der Waals surface area contributed by atoms with E-state index in [0.717, 1.165) is 5.69 Å². The SMILES string of the molecule is Cc1ccnc(Cl)c1NC1CCC2(CCCC2)CC1. The van der Waals surface area contributed by atoms with Gasteiger partial charge < -0.3 is 5.32 Å². The van der Waals surface area contributed by atoms with Gasteiger partial charge in [-0.1, -0.05) is 24.4 Å². The molecule has 19 heavy (non-hydrogen) atoms. The van der Waals surface area contributed by atoms with Crippen molar-refractivity contribution in [3.63, 3.8) is 0 Å². The van der Waals surface area contributed by atoms with Gasteiger partial charge in [-0.25, -0.2) is 4.98 Å². The van der Waals surface area contributed by atoms with Gasteiger partial charge in [0.2, 0.25) is 0 Å². The van der Waals surface area contributed by atoms with E-state index in [1.165, 1.54) is 56.9 Å². The van der Waals surface area contributed by atoms with Crippen LogP contribution >= 0.6 is 11.6 Å². The monoisotopic (exact) mass is 278 g/mol. The molecule has 2 saturated carbocycles. The summed E-state index contributed by atoms with van der Waals surface area (Å²) in [6, 6.07) is 2.60. The standard InChI is InChI=1S/C16H23ClN2/c1-12-6-11-18-15(17)14(12)19-13-4-9-16(10-5-13)7-2-3-8-16/h6,11,13,19H,2-5,7-10H2,1H3. The summed E-state index contributed by atoms with van der Waals surface area (Å²) in [5.74, 6) is 0. The summed E-state index contributed by atoms with van der Waals surface area (Å²) in [5, 5.41) is 4.24. The Bertz CT molecular complexity index is 422. The molecule has 0 bridgehead atoms. The molecule has 1 N–H and O–H groups in total. The maximum atomic E-state index is 6.20. The minimum absolute atomic E-state index is 0.576. The quantitative estimate of drug-likeness (QED) is 0.774. The Morgan fingerprint density at radius 3 is 2.53 bits per heavy atom. The fraction of sp³-hybridized carbons (Fsp3) is 0.688. The molecule has 2 fully saturated rings. The first kappa shape index (κ1) is 13.2. The maximum Gasteiger partial charge on any atom is 0.152 e. The van der Waals surface area contributed by atoms with Crippen molar-refractivity contribution < 1.29 is 0 Å². The third-order valence-electron chi connectivity index (χ3n) is 5.17. The van der Waals surface area contributed by atoms with Crippen LogP contribution in [0.15, 0.2) is 12.3 Å². The van der Waals surface area contributed by atoms with Gasteiger partial charge in [-0.2, -0.15) is 0 Å². The molecule has 0 aliphatic heterocycles. The van der Waals surface area contributed by atoms with Crippen LogP contribution in [0, 0.1) is 12.3 Å². The second kappa shape index (κ2) is 5.32. The molecule has 0 amide bonds. The fourth-order valence-corrected chi connectivity index (χ4v) is 4.16. The number of anilines is 1. The number of rotatable bonds is 2. The van der Waals surface area contributed by atoms with Gasteiger partial charge in [-0.15, -0.1) is 0 Å². The topological polar surface area (TPSA) is 24.9 Å². The van der Waals surface area contributed by atoms with Gasteiger partial charge in [0.05, 0.1) is 5.69 Å². The molecule has 1 aromatic rings. The number of halogens is 1. The first-order valence-corrected chi connectivity index (χ1v) is 7.94. The third kappa shape index (κ3) is 2.74. The van der Waals surface area contributed by atoms with Crippen molar-refractivity contribution in [2.75, 3.05) is 5.32 Å². The molecular weight excluding hydrogens is 256 g/mol. The van der Waals surface area contributed by atoms with Crippen LogP contribution < -0.4 is 5.32 Å². The molecule has 2 aliphatic rings. The van der Waals surface area contributed by atoms with E-state index < -0.39 is 0 Å². The van der Waals surface area contributed by atoms with Crippen molar-refractivity contribution in [3.05, 3.63) is 23.0 Å². The van der Waals surface area contributed by atoms with Crippen molar-refractivity contribution in [1.29, 1.82) is 0 Å². The molecule has 0 saturated heterocycles. The summed E-state index contributed by atoms with van der Waals surface area (Å²) in [6.07, 6.45) is 13.0. The van der Waals surface area contributed by atoms with E-state index in [-0.39, 0.29) is 0 Å². The van der Waals surface area contributed by atoms with Gasteiger partial charge >= 0.3 is 0 Å². The molecule has 0 atom stereocenters. The van der Waals surface area contributed by atoms with Crippen LogP contribution in [0.4, 0.5) is 5.69 Å². The smallest absolute Gasteiger partial charge is 0.152 e. The van der Waals surface area contributed by atoms with Gasteiger partial charge in [0.25, 0.3) is 0 Å². The lowest BCUT2D eigenvalue weighted by Gasteiger charge is -2.38. The highest BCUT2D eigenvalue weighted by atomic mass is 35.5. The van der Waals surface area contributed by atoms with E-state index >= 15 is 0 Å². The number of aryl methyl sites for hydroxylation is 1. The zero-order chi connectivity index (χ0) is 13.3. The molecule has 0 aromatic carbocycles. The fourth-order valence-electron chi connectivity index (χ4n) is 3.90. The average Bonchev–Trinajstić information content (AvgIpc) is 2.85. The maximum absolute atomic E-state index is 6.20. The van der Waals surface area contributed by atoms with Crippen LogP contribution in [0.2, 0.25) is 5.15 Å². The number of nitrogens with zero attached hydrogens (tertiary/aromatic N) is 1. The lowest BCUT2D eigenvalue weighted by Crippen LogP contribution is -2.32. The summed E-state index contributed by atoms with van der Waals surface area (Å²) >= 11 is 6.20. The zero-order valence-electron chi connectivity index (χ0n) is 11.7. The summed E-state index contributed by atoms with van der Waals surface area (Å²) in [4.78, 5) is 4.18. The molecule has 104 valence electrons. The molecule has 1 heterocycles. The van der Waals surface area contributed by atoms with Crippen molar-refractivity contribution in [2.45, 2.75) is 64.3 Å². The molecule has 2 aliphatic carbocycles. The van der Waals surface area contributed by atoms with E-state index in [1.807, 2.05) is 6.07 Å². The first-order chi connectivity index (χ1) is 9.19. The minimum Gasteiger partial charge on any atom is -0.380 e. The minimum atomic E-state index is 0.576. The third-order valence-corrected chi connectivity index (χ3v) is 5.46. The average molecular weight is 279 g/mol. The lowest BCUT2D eigenvalue weighted by molar-refractivity contribution is 0.188.